The molecule has 0 fully saturated rings. The van der Waals surface area contributed by atoms with Crippen molar-refractivity contribution in [1.29, 1.82) is 0 Å². The van der Waals surface area contributed by atoms with Gasteiger partial charge >= 0.3 is 7.60 Å². The topological polar surface area (TPSA) is 86.6 Å². The molecule has 0 atom stereocenters. The van der Waals surface area contributed by atoms with E-state index in [1.54, 1.807) is 0 Å². The van der Waals surface area contributed by atoms with Crippen LogP contribution < -0.4 is 5.32 Å². The van der Waals surface area contributed by atoms with Crippen LogP contribution >= 0.6 is 7.60 Å². The van der Waals surface area contributed by atoms with Crippen molar-refractivity contribution in [3.8, 4) is 0 Å². The summed E-state index contributed by atoms with van der Waals surface area (Å²) in [5, 5.41) is 2.84. The monoisotopic (exact) mass is 293 g/mol. The van der Waals surface area contributed by atoms with Gasteiger partial charge in [0.05, 0.1) is 0 Å². The molecule has 1 amide bonds. The molecule has 0 aliphatic rings. The molecule has 114 valence electrons. The molecule has 0 aromatic carbocycles. The fraction of sp³-hybridized carbons (Fsp3) is 0.923. The molecule has 19 heavy (non-hydrogen) atoms. The van der Waals surface area contributed by atoms with Gasteiger partial charge in [-0.05, 0) is 19.3 Å². The maximum absolute atomic E-state index is 11.4. The molecule has 5 nitrogen and oxygen atoms in total. The number of hydrogen-bond acceptors (Lipinski definition) is 2. The first kappa shape index (κ1) is 18.6. The van der Waals surface area contributed by atoms with Crippen molar-refractivity contribution in [3.05, 3.63) is 0 Å². The van der Waals surface area contributed by atoms with Crippen LogP contribution in [-0.2, 0) is 9.36 Å². The Morgan fingerprint density at radius 3 is 2.26 bits per heavy atom. The van der Waals surface area contributed by atoms with Gasteiger partial charge in [0.2, 0.25) is 5.91 Å². The van der Waals surface area contributed by atoms with Gasteiger partial charge in [-0.25, -0.2) is 0 Å². The summed E-state index contributed by atoms with van der Waals surface area (Å²) in [5.41, 5.74) is 0. The largest absolute Gasteiger partial charge is 0.356 e. The van der Waals surface area contributed by atoms with Gasteiger partial charge in [0.25, 0.3) is 0 Å². The quantitative estimate of drug-likeness (QED) is 0.381. The van der Waals surface area contributed by atoms with Crippen molar-refractivity contribution in [3.63, 3.8) is 0 Å². The van der Waals surface area contributed by atoms with E-state index in [4.69, 9.17) is 9.79 Å². The van der Waals surface area contributed by atoms with E-state index in [0.29, 0.717) is 25.8 Å². The van der Waals surface area contributed by atoms with E-state index < -0.39 is 7.60 Å². The maximum atomic E-state index is 11.4. The first-order valence-corrected chi connectivity index (χ1v) is 9.06. The lowest BCUT2D eigenvalue weighted by Gasteiger charge is -2.06. The highest BCUT2D eigenvalue weighted by atomic mass is 31.2. The Kier molecular flexibility index (Phi) is 11.2. The zero-order chi connectivity index (χ0) is 14.6. The SMILES string of the molecule is CCCCCCCCNC(=O)CCCCP(=O)(O)O. The summed E-state index contributed by atoms with van der Waals surface area (Å²) in [7, 11) is -3.90. The molecule has 0 aromatic rings. The summed E-state index contributed by atoms with van der Waals surface area (Å²) < 4.78 is 10.6. The molecule has 0 radical (unpaired) electrons. The highest BCUT2D eigenvalue weighted by Gasteiger charge is 2.11. The molecule has 0 rings (SSSR count). The minimum atomic E-state index is -3.90. The Morgan fingerprint density at radius 1 is 1.00 bits per heavy atom. The molecule has 3 N–H and O–H groups in total. The van der Waals surface area contributed by atoms with Gasteiger partial charge in [-0.3, -0.25) is 9.36 Å². The summed E-state index contributed by atoms with van der Waals surface area (Å²) in [5.74, 6) is -0.0146. The molecule has 6 heteroatoms. The molecule has 0 saturated carbocycles. The molecule has 0 heterocycles. The van der Waals surface area contributed by atoms with Crippen LogP contribution in [0, 0.1) is 0 Å². The molecule has 0 saturated heterocycles. The summed E-state index contributed by atoms with van der Waals surface area (Å²) in [6.07, 6.45) is 8.35. The number of amides is 1. The number of carbonyl (C=O) groups is 1. The van der Waals surface area contributed by atoms with E-state index in [1.807, 2.05) is 0 Å². The summed E-state index contributed by atoms with van der Waals surface area (Å²) in [4.78, 5) is 28.7. The Morgan fingerprint density at radius 2 is 1.63 bits per heavy atom. The van der Waals surface area contributed by atoms with Crippen molar-refractivity contribution < 1.29 is 19.1 Å². The molecular weight excluding hydrogens is 265 g/mol. The lowest BCUT2D eigenvalue weighted by molar-refractivity contribution is -0.121. The summed E-state index contributed by atoms with van der Waals surface area (Å²) in [6.45, 7) is 2.90. The van der Waals surface area contributed by atoms with Crippen LogP contribution in [0.5, 0.6) is 0 Å². The maximum Gasteiger partial charge on any atom is 0.325 e. The van der Waals surface area contributed by atoms with Crippen LogP contribution in [0.3, 0.4) is 0 Å². The highest BCUT2D eigenvalue weighted by Crippen LogP contribution is 2.35. The molecule has 0 aromatic heterocycles. The van der Waals surface area contributed by atoms with E-state index in [9.17, 15) is 9.36 Å². The van der Waals surface area contributed by atoms with Gasteiger partial charge in [-0.15, -0.1) is 0 Å². The first-order chi connectivity index (χ1) is 8.95. The Bertz CT molecular complexity index is 278. The second-order valence-electron chi connectivity index (χ2n) is 4.96. The normalized spacial score (nSPS) is 11.5. The average Bonchev–Trinajstić information content (AvgIpc) is 2.32. The number of nitrogens with one attached hydrogen (secondary N) is 1. The van der Waals surface area contributed by atoms with Crippen molar-refractivity contribution in [2.45, 2.75) is 64.7 Å². The lowest BCUT2D eigenvalue weighted by atomic mass is 10.1. The number of rotatable bonds is 12. The third kappa shape index (κ3) is 15.6. The van der Waals surface area contributed by atoms with Gasteiger partial charge in [-0.2, -0.15) is 0 Å². The van der Waals surface area contributed by atoms with Crippen LogP contribution in [0.15, 0.2) is 0 Å². The predicted octanol–water partition coefficient (Wildman–Crippen LogP) is 2.81. The van der Waals surface area contributed by atoms with E-state index in [0.717, 1.165) is 12.8 Å². The fourth-order valence-corrected chi connectivity index (χ4v) is 2.46. The molecule has 0 unspecified atom stereocenters. The van der Waals surface area contributed by atoms with E-state index in [-0.39, 0.29) is 12.1 Å². The Labute approximate surface area is 116 Å². The average molecular weight is 293 g/mol. The highest BCUT2D eigenvalue weighted by molar-refractivity contribution is 7.51. The van der Waals surface area contributed by atoms with Crippen LogP contribution in [0.4, 0.5) is 0 Å². The number of unbranched alkanes of at least 4 members (excludes halogenated alkanes) is 6. The zero-order valence-corrected chi connectivity index (χ0v) is 12.8. The van der Waals surface area contributed by atoms with Crippen LogP contribution in [-0.4, -0.2) is 28.4 Å². The van der Waals surface area contributed by atoms with Crippen LogP contribution in [0.25, 0.3) is 0 Å². The molecule has 0 aliphatic heterocycles. The molecular formula is C13H28NO4P. The van der Waals surface area contributed by atoms with Gasteiger partial charge in [-0.1, -0.05) is 39.0 Å². The standard InChI is InChI=1S/C13H28NO4P/c1-2-3-4-5-6-8-11-14-13(15)10-7-9-12-19(16,17)18/h2-12H2,1H3,(H,14,15)(H2,16,17,18). The van der Waals surface area contributed by atoms with Crippen molar-refractivity contribution in [1.82, 2.24) is 5.32 Å². The summed E-state index contributed by atoms with van der Waals surface area (Å²) >= 11 is 0. The summed E-state index contributed by atoms with van der Waals surface area (Å²) in [6, 6.07) is 0. The molecule has 0 bridgehead atoms. The second kappa shape index (κ2) is 11.4. The van der Waals surface area contributed by atoms with Gasteiger partial charge < -0.3 is 15.1 Å². The third-order valence-electron chi connectivity index (χ3n) is 2.96. The van der Waals surface area contributed by atoms with Crippen molar-refractivity contribution >= 4 is 13.5 Å². The zero-order valence-electron chi connectivity index (χ0n) is 11.9. The van der Waals surface area contributed by atoms with Gasteiger partial charge in [0.1, 0.15) is 0 Å². The fourth-order valence-electron chi connectivity index (χ4n) is 1.82. The van der Waals surface area contributed by atoms with Crippen molar-refractivity contribution in [2.75, 3.05) is 12.7 Å². The third-order valence-corrected chi connectivity index (χ3v) is 3.85. The second-order valence-corrected chi connectivity index (χ2v) is 6.74. The van der Waals surface area contributed by atoms with Crippen molar-refractivity contribution in [2.24, 2.45) is 0 Å². The Hall–Kier alpha value is -0.380. The minimum Gasteiger partial charge on any atom is -0.356 e. The Balaban J connectivity index is 3.28. The van der Waals surface area contributed by atoms with E-state index in [1.165, 1.54) is 25.7 Å². The smallest absolute Gasteiger partial charge is 0.325 e. The lowest BCUT2D eigenvalue weighted by Crippen LogP contribution is -2.24. The predicted molar refractivity (Wildman–Crippen MR) is 77.1 cm³/mol. The molecule has 0 spiro atoms. The van der Waals surface area contributed by atoms with Gasteiger partial charge in [0.15, 0.2) is 0 Å². The van der Waals surface area contributed by atoms with E-state index >= 15 is 0 Å². The van der Waals surface area contributed by atoms with Gasteiger partial charge in [0, 0.05) is 19.1 Å². The van der Waals surface area contributed by atoms with Crippen LogP contribution in [0.1, 0.15) is 64.7 Å². The minimum absolute atomic E-state index is 0.0146. The van der Waals surface area contributed by atoms with E-state index in [2.05, 4.69) is 12.2 Å². The molecule has 0 aliphatic carbocycles. The number of hydrogen-bond donors (Lipinski definition) is 3. The number of carbonyl (C=O) groups excluding carboxylic acids is 1. The van der Waals surface area contributed by atoms with Crippen LogP contribution in [0.2, 0.25) is 0 Å². The first-order valence-electron chi connectivity index (χ1n) is 7.27.